The van der Waals surface area contributed by atoms with Crippen LogP contribution < -0.4 is 5.43 Å². The Kier molecular flexibility index (Phi) is 4.22. The Hall–Kier alpha value is -2.63. The highest BCUT2D eigenvalue weighted by Gasteiger charge is 2.43. The first kappa shape index (κ1) is 17.5. The molecule has 142 valence electrons. The maximum Gasteiger partial charge on any atom is 0.291 e. The van der Waals surface area contributed by atoms with Gasteiger partial charge in [0, 0.05) is 18.2 Å². The normalized spacial score (nSPS) is 21.5. The molecule has 2 aliphatic heterocycles. The van der Waals surface area contributed by atoms with Crippen molar-refractivity contribution in [3.8, 4) is 0 Å². The van der Waals surface area contributed by atoms with E-state index in [4.69, 9.17) is 20.8 Å². The van der Waals surface area contributed by atoms with Crippen molar-refractivity contribution in [1.82, 2.24) is 4.90 Å². The van der Waals surface area contributed by atoms with E-state index in [0.29, 0.717) is 34.7 Å². The van der Waals surface area contributed by atoms with Crippen LogP contribution in [0.25, 0.3) is 11.0 Å². The van der Waals surface area contributed by atoms with Gasteiger partial charge in [-0.05, 0) is 42.7 Å². The molecule has 0 radical (unpaired) electrons. The molecule has 1 saturated heterocycles. The van der Waals surface area contributed by atoms with E-state index < -0.39 is 6.04 Å². The summed E-state index contributed by atoms with van der Waals surface area (Å²) in [5.41, 5.74) is 1.41. The molecule has 28 heavy (non-hydrogen) atoms. The van der Waals surface area contributed by atoms with E-state index in [0.717, 1.165) is 18.4 Å². The number of nitrogens with zero attached hydrogens (tertiary/aromatic N) is 1. The number of hydrogen-bond acceptors (Lipinski definition) is 4. The Labute approximate surface area is 166 Å². The van der Waals surface area contributed by atoms with Gasteiger partial charge in [-0.25, -0.2) is 0 Å². The average molecular weight is 396 g/mol. The summed E-state index contributed by atoms with van der Waals surface area (Å²) in [5, 5.41) is 1.03. The summed E-state index contributed by atoms with van der Waals surface area (Å²) in [6, 6.07) is 13.8. The molecule has 1 fully saturated rings. The summed E-state index contributed by atoms with van der Waals surface area (Å²) in [6.45, 7) is 1.11. The van der Waals surface area contributed by atoms with E-state index in [2.05, 4.69) is 0 Å². The molecular weight excluding hydrogens is 378 g/mol. The van der Waals surface area contributed by atoms with Crippen LogP contribution in [0.2, 0.25) is 5.02 Å². The van der Waals surface area contributed by atoms with Gasteiger partial charge in [-0.1, -0.05) is 35.9 Å². The minimum absolute atomic E-state index is 0.0375. The predicted octanol–water partition coefficient (Wildman–Crippen LogP) is 4.17. The van der Waals surface area contributed by atoms with Crippen molar-refractivity contribution in [2.45, 2.75) is 25.0 Å². The Bertz CT molecular complexity index is 1130. The second-order valence-electron chi connectivity index (χ2n) is 7.22. The van der Waals surface area contributed by atoms with Crippen molar-refractivity contribution in [3.63, 3.8) is 0 Å². The first-order valence-electron chi connectivity index (χ1n) is 9.37. The Morgan fingerprint density at radius 3 is 2.75 bits per heavy atom. The molecule has 6 heteroatoms. The number of para-hydroxylation sites is 1. The van der Waals surface area contributed by atoms with E-state index in [9.17, 15) is 9.59 Å². The third-order valence-corrected chi connectivity index (χ3v) is 5.70. The molecule has 0 aliphatic carbocycles. The third kappa shape index (κ3) is 2.74. The summed E-state index contributed by atoms with van der Waals surface area (Å²) in [6.07, 6.45) is 1.83. The van der Waals surface area contributed by atoms with E-state index in [1.165, 1.54) is 0 Å². The topological polar surface area (TPSA) is 59.8 Å². The van der Waals surface area contributed by atoms with Crippen molar-refractivity contribution >= 4 is 28.5 Å². The fourth-order valence-corrected chi connectivity index (χ4v) is 4.39. The summed E-state index contributed by atoms with van der Waals surface area (Å²) in [7, 11) is 0. The van der Waals surface area contributed by atoms with E-state index in [1.54, 1.807) is 41.3 Å². The number of ether oxygens (including phenoxy) is 1. The van der Waals surface area contributed by atoms with Crippen molar-refractivity contribution in [2.75, 3.05) is 13.2 Å². The Morgan fingerprint density at radius 1 is 1.11 bits per heavy atom. The van der Waals surface area contributed by atoms with Gasteiger partial charge < -0.3 is 14.1 Å². The quantitative estimate of drug-likeness (QED) is 0.667. The summed E-state index contributed by atoms with van der Waals surface area (Å²) in [4.78, 5) is 28.3. The molecule has 2 atom stereocenters. The van der Waals surface area contributed by atoms with E-state index >= 15 is 0 Å². The summed E-state index contributed by atoms with van der Waals surface area (Å²) in [5.74, 6) is -0.162. The number of amides is 1. The second-order valence-corrected chi connectivity index (χ2v) is 7.66. The number of hydrogen-bond donors (Lipinski definition) is 0. The zero-order chi connectivity index (χ0) is 19.3. The third-order valence-electron chi connectivity index (χ3n) is 5.46. The number of carbonyl (C=O) groups is 1. The monoisotopic (exact) mass is 395 g/mol. The minimum atomic E-state index is -0.536. The fraction of sp³-hybridized carbons (Fsp3) is 0.273. The lowest BCUT2D eigenvalue weighted by molar-refractivity contribution is 0.0486. The zero-order valence-corrected chi connectivity index (χ0v) is 15.8. The number of carbonyl (C=O) groups excluding carboxylic acids is 1. The standard InChI is InChI=1S/C22H18ClNO4/c23-14-6-3-5-13(11-14)19-18-20(25)16-8-1-2-9-17(16)28-21(18)22(26)24(19)12-15-7-4-10-27-15/h1-3,5-6,8-9,11,15,19H,4,7,10,12H2/t15-,19-/m1/s1. The highest BCUT2D eigenvalue weighted by molar-refractivity contribution is 6.30. The Morgan fingerprint density at radius 2 is 1.96 bits per heavy atom. The molecule has 0 spiro atoms. The van der Waals surface area contributed by atoms with Gasteiger partial charge in [-0.2, -0.15) is 0 Å². The van der Waals surface area contributed by atoms with Gasteiger partial charge in [0.2, 0.25) is 5.76 Å². The number of fused-ring (bicyclic) bond motifs is 2. The molecule has 3 heterocycles. The second kappa shape index (κ2) is 6.76. The molecular formula is C22H18ClNO4. The largest absolute Gasteiger partial charge is 0.450 e. The van der Waals surface area contributed by atoms with Gasteiger partial charge in [0.1, 0.15) is 5.58 Å². The molecule has 3 aromatic rings. The van der Waals surface area contributed by atoms with Gasteiger partial charge in [0.25, 0.3) is 5.91 Å². The highest BCUT2D eigenvalue weighted by Crippen LogP contribution is 2.39. The van der Waals surface area contributed by atoms with Crippen molar-refractivity contribution in [3.05, 3.63) is 80.7 Å². The van der Waals surface area contributed by atoms with Crippen LogP contribution in [0.15, 0.2) is 57.7 Å². The zero-order valence-electron chi connectivity index (χ0n) is 15.1. The lowest BCUT2D eigenvalue weighted by atomic mass is 9.98. The van der Waals surface area contributed by atoms with Crippen LogP contribution in [0, 0.1) is 0 Å². The van der Waals surface area contributed by atoms with Gasteiger partial charge in [-0.15, -0.1) is 0 Å². The van der Waals surface area contributed by atoms with Crippen LogP contribution in [-0.2, 0) is 4.74 Å². The first-order chi connectivity index (χ1) is 13.6. The molecule has 0 saturated carbocycles. The number of benzene rings is 2. The molecule has 0 N–H and O–H groups in total. The van der Waals surface area contributed by atoms with Crippen LogP contribution in [0.1, 0.15) is 40.6 Å². The molecule has 2 aliphatic rings. The molecule has 1 aromatic heterocycles. The predicted molar refractivity (Wildman–Crippen MR) is 106 cm³/mol. The SMILES string of the molecule is O=C1c2oc3ccccc3c(=O)c2[C@@H](c2cccc(Cl)c2)N1C[C@H]1CCCO1. The van der Waals surface area contributed by atoms with Gasteiger partial charge >= 0.3 is 0 Å². The average Bonchev–Trinajstić information content (AvgIpc) is 3.30. The van der Waals surface area contributed by atoms with Crippen molar-refractivity contribution in [2.24, 2.45) is 0 Å². The smallest absolute Gasteiger partial charge is 0.291 e. The van der Waals surface area contributed by atoms with Crippen LogP contribution in [-0.4, -0.2) is 30.1 Å². The van der Waals surface area contributed by atoms with Gasteiger partial charge in [0.05, 0.1) is 23.1 Å². The molecule has 0 unspecified atom stereocenters. The summed E-state index contributed by atoms with van der Waals surface area (Å²) >= 11 is 6.21. The van der Waals surface area contributed by atoms with Crippen LogP contribution >= 0.6 is 11.6 Å². The highest BCUT2D eigenvalue weighted by atomic mass is 35.5. The van der Waals surface area contributed by atoms with Crippen molar-refractivity contribution < 1.29 is 13.9 Å². The van der Waals surface area contributed by atoms with E-state index in [-0.39, 0.29) is 23.2 Å². The lowest BCUT2D eigenvalue weighted by Gasteiger charge is -2.27. The molecule has 1 amide bonds. The van der Waals surface area contributed by atoms with Crippen LogP contribution in [0.3, 0.4) is 0 Å². The maximum atomic E-state index is 13.3. The lowest BCUT2D eigenvalue weighted by Crippen LogP contribution is -2.36. The fourth-order valence-electron chi connectivity index (χ4n) is 4.19. The van der Waals surface area contributed by atoms with Crippen LogP contribution in [0.4, 0.5) is 0 Å². The molecule has 2 aromatic carbocycles. The molecule has 5 nitrogen and oxygen atoms in total. The van der Waals surface area contributed by atoms with E-state index in [1.807, 2.05) is 12.1 Å². The maximum absolute atomic E-state index is 13.3. The number of halogens is 1. The van der Waals surface area contributed by atoms with Gasteiger partial charge in [-0.3, -0.25) is 9.59 Å². The van der Waals surface area contributed by atoms with Crippen molar-refractivity contribution in [1.29, 1.82) is 0 Å². The minimum Gasteiger partial charge on any atom is -0.450 e. The Balaban J connectivity index is 1.71. The first-order valence-corrected chi connectivity index (χ1v) is 9.75. The van der Waals surface area contributed by atoms with Crippen LogP contribution in [0.5, 0.6) is 0 Å². The summed E-state index contributed by atoms with van der Waals surface area (Å²) < 4.78 is 11.7. The van der Waals surface area contributed by atoms with Gasteiger partial charge in [0.15, 0.2) is 5.43 Å². The number of rotatable bonds is 3. The molecule has 5 rings (SSSR count). The molecule has 0 bridgehead atoms.